The molecule has 5 rings (SSSR count). The van der Waals surface area contributed by atoms with Gasteiger partial charge in [0.1, 0.15) is 5.65 Å². The molecule has 0 saturated carbocycles. The van der Waals surface area contributed by atoms with Crippen molar-refractivity contribution < 1.29 is 14.3 Å². The molecule has 1 atom stereocenters. The van der Waals surface area contributed by atoms with Crippen molar-refractivity contribution in [2.24, 2.45) is 0 Å². The SMILES string of the molecule is C=CC(=O)N1CCN(CCn2c(=O)ccc3cnc(Nc4ccc(N5CCN(C(=O)OC)CC5)cc4)nc32)[C@@H](CC)C1. The summed E-state index contributed by atoms with van der Waals surface area (Å²) in [7, 11) is 1.40. The van der Waals surface area contributed by atoms with Gasteiger partial charge in [-0.25, -0.2) is 9.78 Å². The Bertz CT molecular complexity index is 1480. The molecule has 3 aromatic rings. The summed E-state index contributed by atoms with van der Waals surface area (Å²) in [6.07, 6.45) is 3.71. The first-order valence-electron chi connectivity index (χ1n) is 14.4. The van der Waals surface area contributed by atoms with E-state index in [0.29, 0.717) is 50.9 Å². The quantitative estimate of drug-likeness (QED) is 0.405. The molecule has 2 aliphatic heterocycles. The van der Waals surface area contributed by atoms with Crippen LogP contribution in [-0.2, 0) is 16.1 Å². The maximum absolute atomic E-state index is 12.9. The van der Waals surface area contributed by atoms with Crippen LogP contribution >= 0.6 is 0 Å². The Kier molecular flexibility index (Phi) is 9.01. The van der Waals surface area contributed by atoms with Crippen molar-refractivity contribution in [3.05, 3.63) is 65.6 Å². The minimum atomic E-state index is -0.292. The van der Waals surface area contributed by atoms with Gasteiger partial charge in [0.05, 0.1) is 7.11 Å². The normalized spacial score (nSPS) is 17.8. The summed E-state index contributed by atoms with van der Waals surface area (Å²) in [5.74, 6) is 0.368. The van der Waals surface area contributed by atoms with Gasteiger partial charge in [0.15, 0.2) is 0 Å². The van der Waals surface area contributed by atoms with Gasteiger partial charge in [-0.3, -0.25) is 19.1 Å². The highest BCUT2D eigenvalue weighted by Crippen LogP contribution is 2.22. The number of aromatic nitrogens is 3. The van der Waals surface area contributed by atoms with E-state index in [1.807, 2.05) is 29.2 Å². The number of amides is 2. The number of methoxy groups -OCH3 is 1. The third-order valence-electron chi connectivity index (χ3n) is 8.10. The molecule has 2 fully saturated rings. The lowest BCUT2D eigenvalue weighted by molar-refractivity contribution is -0.129. The van der Waals surface area contributed by atoms with Gasteiger partial charge in [-0.1, -0.05) is 13.5 Å². The van der Waals surface area contributed by atoms with Crippen molar-refractivity contribution in [2.75, 3.05) is 69.7 Å². The highest BCUT2D eigenvalue weighted by Gasteiger charge is 2.27. The molecule has 2 saturated heterocycles. The Morgan fingerprint density at radius 2 is 1.76 bits per heavy atom. The van der Waals surface area contributed by atoms with Crippen LogP contribution in [0.5, 0.6) is 0 Å². The van der Waals surface area contributed by atoms with Gasteiger partial charge in [-0.2, -0.15) is 4.98 Å². The van der Waals surface area contributed by atoms with E-state index in [1.165, 1.54) is 13.2 Å². The lowest BCUT2D eigenvalue weighted by Crippen LogP contribution is -2.55. The highest BCUT2D eigenvalue weighted by molar-refractivity contribution is 5.87. The van der Waals surface area contributed by atoms with Crippen LogP contribution in [0, 0.1) is 0 Å². The monoisotopic (exact) mass is 574 g/mol. The fourth-order valence-electron chi connectivity index (χ4n) is 5.64. The van der Waals surface area contributed by atoms with Gasteiger partial charge in [0.2, 0.25) is 11.9 Å². The first-order chi connectivity index (χ1) is 20.4. The molecule has 0 aliphatic carbocycles. The van der Waals surface area contributed by atoms with Crippen LogP contribution in [0.4, 0.5) is 22.1 Å². The number of anilines is 3. The van der Waals surface area contributed by atoms with E-state index in [1.54, 1.807) is 27.8 Å². The molecule has 12 nitrogen and oxygen atoms in total. The number of rotatable bonds is 8. The van der Waals surface area contributed by atoms with Crippen molar-refractivity contribution in [1.29, 1.82) is 0 Å². The number of nitrogens with one attached hydrogen (secondary N) is 1. The van der Waals surface area contributed by atoms with Gasteiger partial charge >= 0.3 is 6.09 Å². The lowest BCUT2D eigenvalue weighted by Gasteiger charge is -2.41. The zero-order valence-electron chi connectivity index (χ0n) is 24.2. The van der Waals surface area contributed by atoms with Crippen LogP contribution in [0.15, 0.2) is 60.0 Å². The molecule has 2 aromatic heterocycles. The summed E-state index contributed by atoms with van der Waals surface area (Å²) >= 11 is 0. The van der Waals surface area contributed by atoms with E-state index in [9.17, 15) is 14.4 Å². The molecule has 0 spiro atoms. The van der Waals surface area contributed by atoms with E-state index in [0.717, 1.165) is 42.8 Å². The smallest absolute Gasteiger partial charge is 0.409 e. The Morgan fingerprint density at radius 1 is 1.02 bits per heavy atom. The molecule has 12 heteroatoms. The van der Waals surface area contributed by atoms with E-state index in [2.05, 4.69) is 33.6 Å². The maximum Gasteiger partial charge on any atom is 0.409 e. The second-order valence-electron chi connectivity index (χ2n) is 10.5. The number of carbonyl (C=O) groups is 2. The predicted octanol–water partition coefficient (Wildman–Crippen LogP) is 2.53. The number of pyridine rings is 1. The summed E-state index contributed by atoms with van der Waals surface area (Å²) in [5.41, 5.74) is 2.36. The van der Waals surface area contributed by atoms with E-state index in [-0.39, 0.29) is 23.6 Å². The molecule has 1 N–H and O–H groups in total. The number of benzene rings is 1. The van der Waals surface area contributed by atoms with Crippen LogP contribution in [0.3, 0.4) is 0 Å². The third-order valence-corrected chi connectivity index (χ3v) is 8.10. The number of hydrogen-bond donors (Lipinski definition) is 1. The van der Waals surface area contributed by atoms with E-state index >= 15 is 0 Å². The van der Waals surface area contributed by atoms with Crippen LogP contribution in [0.1, 0.15) is 13.3 Å². The lowest BCUT2D eigenvalue weighted by atomic mass is 10.1. The van der Waals surface area contributed by atoms with Crippen molar-refractivity contribution in [3.63, 3.8) is 0 Å². The fraction of sp³-hybridized carbons (Fsp3) is 0.433. The molecular formula is C30H38N8O4. The summed E-state index contributed by atoms with van der Waals surface area (Å²) in [5, 5.41) is 4.05. The molecule has 0 unspecified atom stereocenters. The van der Waals surface area contributed by atoms with Gasteiger partial charge in [0.25, 0.3) is 5.56 Å². The predicted molar refractivity (Wildman–Crippen MR) is 162 cm³/mol. The molecule has 0 bridgehead atoms. The number of ether oxygens (including phenoxy) is 1. The van der Waals surface area contributed by atoms with E-state index in [4.69, 9.17) is 9.72 Å². The van der Waals surface area contributed by atoms with Crippen molar-refractivity contribution in [2.45, 2.75) is 25.9 Å². The molecular weight excluding hydrogens is 536 g/mol. The Hall–Kier alpha value is -4.45. The first kappa shape index (κ1) is 29.1. The highest BCUT2D eigenvalue weighted by atomic mass is 16.5. The first-order valence-corrected chi connectivity index (χ1v) is 14.4. The zero-order valence-corrected chi connectivity index (χ0v) is 24.2. The number of fused-ring (bicyclic) bond motifs is 1. The summed E-state index contributed by atoms with van der Waals surface area (Å²) in [6, 6.07) is 11.5. The summed E-state index contributed by atoms with van der Waals surface area (Å²) in [4.78, 5) is 54.1. The molecule has 1 aromatic carbocycles. The molecule has 2 aliphatic rings. The number of piperazine rings is 2. The largest absolute Gasteiger partial charge is 0.453 e. The number of carbonyl (C=O) groups excluding carboxylic acids is 2. The summed E-state index contributed by atoms with van der Waals surface area (Å²) in [6.45, 7) is 11.6. The minimum Gasteiger partial charge on any atom is -0.453 e. The standard InChI is InChI=1S/C30H38N8O4/c1-4-24-21-37(26(39)5-2)17-14-34(24)18-19-38-27(40)11-6-22-20-31-29(33-28(22)38)32-23-7-9-25(10-8-23)35-12-15-36(16-13-35)30(41)42-3/h5-11,20,24H,2,4,12-19,21H2,1,3H3,(H,31,32,33)/t24-/m0/s1. The third kappa shape index (κ3) is 6.38. The average Bonchev–Trinajstić information content (AvgIpc) is 3.04. The van der Waals surface area contributed by atoms with Crippen LogP contribution in [0.25, 0.3) is 11.0 Å². The molecule has 222 valence electrons. The van der Waals surface area contributed by atoms with Crippen molar-refractivity contribution in [3.8, 4) is 0 Å². The van der Waals surface area contributed by atoms with Gasteiger partial charge in [-0.05, 0) is 42.8 Å². The van der Waals surface area contributed by atoms with Crippen molar-refractivity contribution in [1.82, 2.24) is 29.2 Å². The summed E-state index contributed by atoms with van der Waals surface area (Å²) < 4.78 is 6.52. The topological polar surface area (TPSA) is 116 Å². The Balaban J connectivity index is 1.26. The van der Waals surface area contributed by atoms with Gasteiger partial charge < -0.3 is 24.8 Å². The molecule has 4 heterocycles. The van der Waals surface area contributed by atoms with E-state index < -0.39 is 0 Å². The van der Waals surface area contributed by atoms with Crippen LogP contribution in [-0.4, -0.2) is 107 Å². The fourth-order valence-corrected chi connectivity index (χ4v) is 5.64. The Labute approximate surface area is 245 Å². The molecule has 42 heavy (non-hydrogen) atoms. The minimum absolute atomic E-state index is 0.0387. The maximum atomic E-state index is 12.9. The number of hydrogen-bond acceptors (Lipinski definition) is 9. The zero-order chi connectivity index (χ0) is 29.6. The Morgan fingerprint density at radius 3 is 2.45 bits per heavy atom. The van der Waals surface area contributed by atoms with Gasteiger partial charge in [0, 0.05) is 94.0 Å². The second-order valence-corrected chi connectivity index (χ2v) is 10.5. The molecule has 0 radical (unpaired) electrons. The van der Waals surface area contributed by atoms with Gasteiger partial charge in [-0.15, -0.1) is 0 Å². The van der Waals surface area contributed by atoms with Crippen LogP contribution < -0.4 is 15.8 Å². The number of nitrogens with zero attached hydrogens (tertiary/aromatic N) is 7. The second kappa shape index (κ2) is 13.0. The van der Waals surface area contributed by atoms with Crippen LogP contribution in [0.2, 0.25) is 0 Å². The van der Waals surface area contributed by atoms with Crippen molar-refractivity contribution >= 4 is 40.4 Å². The average molecular weight is 575 g/mol. The molecule has 2 amide bonds.